The summed E-state index contributed by atoms with van der Waals surface area (Å²) in [5, 5.41) is 1.17. The van der Waals surface area contributed by atoms with Gasteiger partial charge in [-0.3, -0.25) is 4.98 Å². The monoisotopic (exact) mass is 302 g/mol. The number of ether oxygens (including phenoxy) is 1. The van der Waals surface area contributed by atoms with E-state index in [0.717, 1.165) is 21.4 Å². The second kappa shape index (κ2) is 4.82. The van der Waals surface area contributed by atoms with Gasteiger partial charge in [0.25, 0.3) is 0 Å². The zero-order valence-electron chi connectivity index (χ0n) is 9.56. The third kappa shape index (κ3) is 2.24. The lowest BCUT2D eigenvalue weighted by molar-refractivity contribution is 0.301. The van der Waals surface area contributed by atoms with Gasteiger partial charge in [-0.25, -0.2) is 0 Å². The largest absolute Gasteiger partial charge is 0.486 e. The van der Waals surface area contributed by atoms with Crippen molar-refractivity contribution >= 4 is 26.8 Å². The third-order valence-electron chi connectivity index (χ3n) is 2.70. The number of benzene rings is 1. The van der Waals surface area contributed by atoms with E-state index in [9.17, 15) is 0 Å². The van der Waals surface area contributed by atoms with Gasteiger partial charge in [0, 0.05) is 21.6 Å². The second-order valence-corrected chi connectivity index (χ2v) is 4.83. The lowest BCUT2D eigenvalue weighted by Crippen LogP contribution is -1.95. The Bertz CT molecular complexity index is 664. The number of aromatic nitrogens is 2. The molecule has 0 spiro atoms. The highest BCUT2D eigenvalue weighted by atomic mass is 79.9. The van der Waals surface area contributed by atoms with Gasteiger partial charge >= 0.3 is 0 Å². The van der Waals surface area contributed by atoms with E-state index in [4.69, 9.17) is 4.74 Å². The molecule has 1 N–H and O–H groups in total. The van der Waals surface area contributed by atoms with Gasteiger partial charge in [-0.1, -0.05) is 22.0 Å². The molecule has 3 rings (SSSR count). The van der Waals surface area contributed by atoms with Crippen molar-refractivity contribution in [3.63, 3.8) is 0 Å². The van der Waals surface area contributed by atoms with Crippen molar-refractivity contribution in [3.05, 3.63) is 59.0 Å². The molecule has 2 aromatic heterocycles. The van der Waals surface area contributed by atoms with E-state index < -0.39 is 0 Å². The Kier molecular flexibility index (Phi) is 3.02. The Morgan fingerprint density at radius 1 is 1.22 bits per heavy atom. The molecule has 0 aliphatic carbocycles. The minimum atomic E-state index is 0.507. The minimum absolute atomic E-state index is 0.507. The maximum absolute atomic E-state index is 5.65. The maximum atomic E-state index is 5.65. The van der Waals surface area contributed by atoms with Gasteiger partial charge in [0.2, 0.25) is 0 Å². The minimum Gasteiger partial charge on any atom is -0.486 e. The fourth-order valence-electron chi connectivity index (χ4n) is 1.85. The number of rotatable bonds is 3. The first-order valence-electron chi connectivity index (χ1n) is 5.62. The van der Waals surface area contributed by atoms with Crippen molar-refractivity contribution in [1.82, 2.24) is 9.97 Å². The molecule has 0 aliphatic rings. The van der Waals surface area contributed by atoms with E-state index in [2.05, 4.69) is 32.0 Å². The molecule has 0 amide bonds. The van der Waals surface area contributed by atoms with E-state index >= 15 is 0 Å². The molecule has 0 radical (unpaired) electrons. The van der Waals surface area contributed by atoms with Crippen molar-refractivity contribution in [2.75, 3.05) is 0 Å². The van der Waals surface area contributed by atoms with Crippen LogP contribution >= 0.6 is 15.9 Å². The van der Waals surface area contributed by atoms with E-state index in [1.165, 1.54) is 5.39 Å². The molecule has 0 unspecified atom stereocenters. The van der Waals surface area contributed by atoms with Crippen LogP contribution in [0.4, 0.5) is 0 Å². The van der Waals surface area contributed by atoms with Gasteiger partial charge in [-0.15, -0.1) is 0 Å². The van der Waals surface area contributed by atoms with Crippen LogP contribution in [0.1, 0.15) is 5.69 Å². The Labute approximate surface area is 113 Å². The molecular formula is C14H11BrN2O. The van der Waals surface area contributed by atoms with Crippen molar-refractivity contribution in [2.24, 2.45) is 0 Å². The highest BCUT2D eigenvalue weighted by Crippen LogP contribution is 2.24. The number of pyridine rings is 1. The van der Waals surface area contributed by atoms with E-state index in [1.807, 2.05) is 30.3 Å². The van der Waals surface area contributed by atoms with Gasteiger partial charge in [0.1, 0.15) is 12.4 Å². The summed E-state index contributed by atoms with van der Waals surface area (Å²) in [5.41, 5.74) is 2.15. The highest BCUT2D eigenvalue weighted by Gasteiger charge is 2.04. The zero-order chi connectivity index (χ0) is 12.4. The number of halogens is 1. The first kappa shape index (κ1) is 11.3. The predicted octanol–water partition coefficient (Wildman–Crippen LogP) is 3.90. The number of nitrogens with one attached hydrogen (secondary N) is 1. The molecule has 18 heavy (non-hydrogen) atoms. The van der Waals surface area contributed by atoms with Crippen LogP contribution in [-0.2, 0) is 6.61 Å². The van der Waals surface area contributed by atoms with Crippen LogP contribution in [0.5, 0.6) is 5.75 Å². The third-order valence-corrected chi connectivity index (χ3v) is 3.39. The number of hydrogen-bond acceptors (Lipinski definition) is 2. The zero-order valence-corrected chi connectivity index (χ0v) is 11.1. The number of hydrogen-bond donors (Lipinski definition) is 1. The Morgan fingerprint density at radius 3 is 2.94 bits per heavy atom. The number of aromatic amines is 1. The van der Waals surface area contributed by atoms with Crippen LogP contribution in [0.25, 0.3) is 10.9 Å². The molecular weight excluding hydrogens is 292 g/mol. The molecule has 0 saturated heterocycles. The standard InChI is InChI=1S/C14H11BrN2O/c15-13-4-1-5-14-12(13)7-10(17-14)9-18-11-3-2-6-16-8-11/h1-8,17H,9H2. The average molecular weight is 303 g/mol. The van der Waals surface area contributed by atoms with E-state index in [1.54, 1.807) is 12.4 Å². The molecule has 0 aliphatic heterocycles. The van der Waals surface area contributed by atoms with Gasteiger partial charge in [-0.05, 0) is 30.3 Å². The van der Waals surface area contributed by atoms with Gasteiger partial charge in [-0.2, -0.15) is 0 Å². The van der Waals surface area contributed by atoms with E-state index in [0.29, 0.717) is 6.61 Å². The van der Waals surface area contributed by atoms with Crippen LogP contribution in [0.2, 0.25) is 0 Å². The van der Waals surface area contributed by atoms with Crippen LogP contribution in [-0.4, -0.2) is 9.97 Å². The summed E-state index contributed by atoms with van der Waals surface area (Å²) in [6.45, 7) is 0.507. The summed E-state index contributed by atoms with van der Waals surface area (Å²) in [7, 11) is 0. The number of nitrogens with zero attached hydrogens (tertiary/aromatic N) is 1. The summed E-state index contributed by atoms with van der Waals surface area (Å²) in [4.78, 5) is 7.34. The summed E-state index contributed by atoms with van der Waals surface area (Å²) in [6, 6.07) is 11.9. The highest BCUT2D eigenvalue weighted by molar-refractivity contribution is 9.10. The molecule has 90 valence electrons. The normalized spacial score (nSPS) is 10.7. The Balaban J connectivity index is 1.81. The topological polar surface area (TPSA) is 37.9 Å². The molecule has 0 fully saturated rings. The van der Waals surface area contributed by atoms with Crippen LogP contribution < -0.4 is 4.74 Å². The summed E-state index contributed by atoms with van der Waals surface area (Å²) < 4.78 is 6.74. The first-order chi connectivity index (χ1) is 8.83. The maximum Gasteiger partial charge on any atom is 0.138 e. The Morgan fingerprint density at radius 2 is 2.17 bits per heavy atom. The second-order valence-electron chi connectivity index (χ2n) is 3.97. The Hall–Kier alpha value is -1.81. The number of fused-ring (bicyclic) bond motifs is 1. The quantitative estimate of drug-likeness (QED) is 0.796. The molecule has 0 atom stereocenters. The van der Waals surface area contributed by atoms with Crippen LogP contribution in [0.15, 0.2) is 53.3 Å². The summed E-state index contributed by atoms with van der Waals surface area (Å²) in [5.74, 6) is 0.773. The number of H-pyrrole nitrogens is 1. The van der Waals surface area contributed by atoms with Gasteiger partial charge < -0.3 is 9.72 Å². The molecule has 3 nitrogen and oxygen atoms in total. The van der Waals surface area contributed by atoms with Crippen molar-refractivity contribution in [1.29, 1.82) is 0 Å². The van der Waals surface area contributed by atoms with Crippen molar-refractivity contribution in [3.8, 4) is 5.75 Å². The molecule has 3 aromatic rings. The van der Waals surface area contributed by atoms with Gasteiger partial charge in [0.05, 0.1) is 11.9 Å². The molecule has 0 bridgehead atoms. The van der Waals surface area contributed by atoms with Crippen LogP contribution in [0, 0.1) is 0 Å². The molecule has 4 heteroatoms. The smallest absolute Gasteiger partial charge is 0.138 e. The summed E-state index contributed by atoms with van der Waals surface area (Å²) in [6.07, 6.45) is 3.44. The molecule has 0 saturated carbocycles. The average Bonchev–Trinajstić information content (AvgIpc) is 2.82. The van der Waals surface area contributed by atoms with Gasteiger partial charge in [0.15, 0.2) is 0 Å². The predicted molar refractivity (Wildman–Crippen MR) is 74.6 cm³/mol. The van der Waals surface area contributed by atoms with Crippen LogP contribution in [0.3, 0.4) is 0 Å². The lowest BCUT2D eigenvalue weighted by Gasteiger charge is -2.02. The lowest BCUT2D eigenvalue weighted by atomic mass is 10.2. The van der Waals surface area contributed by atoms with Crippen molar-refractivity contribution < 1.29 is 4.74 Å². The fourth-order valence-corrected chi connectivity index (χ4v) is 2.33. The first-order valence-corrected chi connectivity index (χ1v) is 6.41. The molecule has 1 aromatic carbocycles. The SMILES string of the molecule is Brc1cccc2[nH]c(COc3cccnc3)cc12. The van der Waals surface area contributed by atoms with Crippen molar-refractivity contribution in [2.45, 2.75) is 6.61 Å². The summed E-state index contributed by atoms with van der Waals surface area (Å²) >= 11 is 3.54. The fraction of sp³-hybridized carbons (Fsp3) is 0.0714. The van der Waals surface area contributed by atoms with E-state index in [-0.39, 0.29) is 0 Å². The molecule has 2 heterocycles.